The van der Waals surface area contributed by atoms with Crippen LogP contribution >= 0.6 is 11.6 Å². The second-order valence-corrected chi connectivity index (χ2v) is 3.66. The molecule has 2 aromatic rings. The summed E-state index contributed by atoms with van der Waals surface area (Å²) in [6.45, 7) is 0. The van der Waals surface area contributed by atoms with Gasteiger partial charge in [-0.1, -0.05) is 11.6 Å². The first-order chi connectivity index (χ1) is 7.99. The Bertz CT molecular complexity index is 641. The molecule has 0 amide bonds. The first kappa shape index (κ1) is 11.3. The van der Waals surface area contributed by atoms with Crippen molar-refractivity contribution in [3.63, 3.8) is 0 Å². The highest BCUT2D eigenvalue weighted by Gasteiger charge is 2.13. The number of rotatable bonds is 2. The zero-order valence-electron chi connectivity index (χ0n) is 8.25. The summed E-state index contributed by atoms with van der Waals surface area (Å²) >= 11 is 5.86. The van der Waals surface area contributed by atoms with E-state index < -0.39 is 10.9 Å². The number of carboxylic acids is 1. The molecule has 0 atom stereocenters. The van der Waals surface area contributed by atoms with Crippen LogP contribution in [0.15, 0.2) is 24.3 Å². The van der Waals surface area contributed by atoms with Gasteiger partial charge in [-0.15, -0.1) is 0 Å². The normalized spacial score (nSPS) is 10.4. The van der Waals surface area contributed by atoms with Crippen LogP contribution in [0, 0.1) is 10.1 Å². The number of pyridine rings is 1. The highest BCUT2D eigenvalue weighted by atomic mass is 35.5. The van der Waals surface area contributed by atoms with E-state index in [2.05, 4.69) is 4.98 Å². The lowest BCUT2D eigenvalue weighted by Gasteiger charge is -2.02. The van der Waals surface area contributed by atoms with Crippen LogP contribution in [0.1, 0.15) is 10.5 Å². The molecule has 86 valence electrons. The molecule has 1 aromatic carbocycles. The lowest BCUT2D eigenvalue weighted by atomic mass is 10.2. The van der Waals surface area contributed by atoms with Gasteiger partial charge < -0.3 is 5.11 Å². The Morgan fingerprint density at radius 2 is 2.12 bits per heavy atom. The molecular formula is C10H5ClN2O4. The number of halogens is 1. The van der Waals surface area contributed by atoms with Gasteiger partial charge in [-0.3, -0.25) is 10.1 Å². The van der Waals surface area contributed by atoms with Gasteiger partial charge >= 0.3 is 5.97 Å². The topological polar surface area (TPSA) is 93.3 Å². The van der Waals surface area contributed by atoms with E-state index in [-0.39, 0.29) is 16.4 Å². The van der Waals surface area contributed by atoms with Gasteiger partial charge in [-0.25, -0.2) is 9.78 Å². The molecule has 0 fully saturated rings. The minimum atomic E-state index is -1.20. The number of fused-ring (bicyclic) bond motifs is 1. The molecule has 0 bridgehead atoms. The van der Waals surface area contributed by atoms with Crippen molar-refractivity contribution in [1.29, 1.82) is 0 Å². The second kappa shape index (κ2) is 3.99. The molecule has 0 aliphatic heterocycles. The Kier molecular flexibility index (Phi) is 2.64. The van der Waals surface area contributed by atoms with Crippen molar-refractivity contribution in [2.45, 2.75) is 0 Å². The van der Waals surface area contributed by atoms with E-state index in [1.165, 1.54) is 18.2 Å². The molecule has 1 N–H and O–H groups in total. The average Bonchev–Trinajstić information content (AvgIpc) is 2.28. The van der Waals surface area contributed by atoms with Crippen LogP contribution in [0.3, 0.4) is 0 Å². The summed E-state index contributed by atoms with van der Waals surface area (Å²) in [6, 6.07) is 5.04. The van der Waals surface area contributed by atoms with Crippen molar-refractivity contribution in [1.82, 2.24) is 4.98 Å². The minimum absolute atomic E-state index is 0.121. The van der Waals surface area contributed by atoms with Crippen LogP contribution in [0.25, 0.3) is 10.9 Å². The molecule has 0 radical (unpaired) electrons. The zero-order valence-corrected chi connectivity index (χ0v) is 9.01. The lowest BCUT2D eigenvalue weighted by Crippen LogP contribution is -2.00. The largest absolute Gasteiger partial charge is 0.477 e. The minimum Gasteiger partial charge on any atom is -0.477 e. The van der Waals surface area contributed by atoms with Crippen molar-refractivity contribution in [3.8, 4) is 0 Å². The van der Waals surface area contributed by atoms with E-state index in [1.54, 1.807) is 0 Å². The van der Waals surface area contributed by atoms with Gasteiger partial charge in [0.1, 0.15) is 5.69 Å². The van der Waals surface area contributed by atoms with Crippen LogP contribution in [-0.2, 0) is 0 Å². The maximum absolute atomic E-state index is 10.7. The third-order valence-corrected chi connectivity index (χ3v) is 2.48. The van der Waals surface area contributed by atoms with Crippen molar-refractivity contribution in [3.05, 3.63) is 45.1 Å². The lowest BCUT2D eigenvalue weighted by molar-refractivity contribution is -0.384. The van der Waals surface area contributed by atoms with Crippen molar-refractivity contribution in [2.24, 2.45) is 0 Å². The summed E-state index contributed by atoms with van der Waals surface area (Å²) in [4.78, 5) is 24.6. The molecule has 0 spiro atoms. The number of nitro groups is 1. The number of benzene rings is 1. The predicted octanol–water partition coefficient (Wildman–Crippen LogP) is 2.49. The average molecular weight is 253 g/mol. The Hall–Kier alpha value is -2.21. The smallest absolute Gasteiger partial charge is 0.354 e. The van der Waals surface area contributed by atoms with E-state index in [9.17, 15) is 14.9 Å². The number of aromatic carboxylic acids is 1. The molecule has 0 saturated heterocycles. The van der Waals surface area contributed by atoms with Crippen LogP contribution in [0.4, 0.5) is 5.69 Å². The van der Waals surface area contributed by atoms with E-state index >= 15 is 0 Å². The second-order valence-electron chi connectivity index (χ2n) is 3.25. The highest BCUT2D eigenvalue weighted by molar-refractivity contribution is 6.35. The van der Waals surface area contributed by atoms with Gasteiger partial charge in [0.2, 0.25) is 0 Å². The molecule has 1 aromatic heterocycles. The van der Waals surface area contributed by atoms with Gasteiger partial charge in [0.25, 0.3) is 5.69 Å². The highest BCUT2D eigenvalue weighted by Crippen LogP contribution is 2.26. The Morgan fingerprint density at radius 3 is 2.71 bits per heavy atom. The summed E-state index contributed by atoms with van der Waals surface area (Å²) in [5.41, 5.74) is -0.0128. The monoisotopic (exact) mass is 252 g/mol. The van der Waals surface area contributed by atoms with E-state index in [1.807, 2.05) is 0 Å². The number of hydrogen-bond acceptors (Lipinski definition) is 4. The van der Waals surface area contributed by atoms with Crippen LogP contribution in [0.2, 0.25) is 5.02 Å². The number of nitro benzene ring substituents is 1. The van der Waals surface area contributed by atoms with Crippen molar-refractivity contribution in [2.75, 3.05) is 0 Å². The summed E-state index contributed by atoms with van der Waals surface area (Å²) in [7, 11) is 0. The van der Waals surface area contributed by atoms with E-state index in [0.29, 0.717) is 10.9 Å². The van der Waals surface area contributed by atoms with Crippen molar-refractivity contribution >= 4 is 34.2 Å². The quantitative estimate of drug-likeness (QED) is 0.655. The summed E-state index contributed by atoms with van der Waals surface area (Å²) in [5.74, 6) is -1.20. The molecule has 0 aliphatic rings. The third-order valence-electron chi connectivity index (χ3n) is 2.17. The molecule has 1 heterocycles. The number of hydrogen-bond donors (Lipinski definition) is 1. The summed E-state index contributed by atoms with van der Waals surface area (Å²) < 4.78 is 0. The maximum atomic E-state index is 10.7. The Morgan fingerprint density at radius 1 is 1.41 bits per heavy atom. The molecule has 0 unspecified atom stereocenters. The van der Waals surface area contributed by atoms with Crippen LogP contribution in [0.5, 0.6) is 0 Å². The first-order valence-electron chi connectivity index (χ1n) is 4.47. The van der Waals surface area contributed by atoms with Gasteiger partial charge in [0.05, 0.1) is 15.5 Å². The SMILES string of the molecule is O=C(O)c1cc(Cl)c2cc([N+](=O)[O-])ccc2n1. The molecule has 2 rings (SSSR count). The maximum Gasteiger partial charge on any atom is 0.354 e. The third kappa shape index (κ3) is 2.02. The molecule has 6 nitrogen and oxygen atoms in total. The van der Waals surface area contributed by atoms with Crippen LogP contribution < -0.4 is 0 Å². The number of carboxylic acid groups (broad SMARTS) is 1. The molecule has 7 heteroatoms. The molecule has 17 heavy (non-hydrogen) atoms. The number of non-ortho nitro benzene ring substituents is 1. The van der Waals surface area contributed by atoms with Gasteiger partial charge in [-0.05, 0) is 12.1 Å². The predicted molar refractivity (Wildman–Crippen MR) is 60.4 cm³/mol. The fourth-order valence-electron chi connectivity index (χ4n) is 1.40. The fourth-order valence-corrected chi connectivity index (χ4v) is 1.65. The van der Waals surface area contributed by atoms with Gasteiger partial charge in [-0.2, -0.15) is 0 Å². The number of nitrogens with zero attached hydrogens (tertiary/aromatic N) is 2. The number of carbonyl (C=O) groups is 1. The van der Waals surface area contributed by atoms with E-state index in [0.717, 1.165) is 6.07 Å². The Balaban J connectivity index is 2.72. The van der Waals surface area contributed by atoms with Gasteiger partial charge in [0, 0.05) is 17.5 Å². The van der Waals surface area contributed by atoms with Crippen LogP contribution in [-0.4, -0.2) is 21.0 Å². The van der Waals surface area contributed by atoms with E-state index in [4.69, 9.17) is 16.7 Å². The van der Waals surface area contributed by atoms with Crippen molar-refractivity contribution < 1.29 is 14.8 Å². The standard InChI is InChI=1S/C10H5ClN2O4/c11-7-4-9(10(14)15)12-8-2-1-5(13(16)17)3-6(7)8/h1-4H,(H,14,15). The molecular weight excluding hydrogens is 248 g/mol. The molecule has 0 aliphatic carbocycles. The zero-order chi connectivity index (χ0) is 12.6. The Labute approximate surface area is 99.6 Å². The molecule has 0 saturated carbocycles. The number of aromatic nitrogens is 1. The summed E-state index contributed by atoms with van der Waals surface area (Å²) in [5, 5.41) is 19.8. The summed E-state index contributed by atoms with van der Waals surface area (Å²) in [6.07, 6.45) is 0. The first-order valence-corrected chi connectivity index (χ1v) is 4.85. The van der Waals surface area contributed by atoms with Gasteiger partial charge in [0.15, 0.2) is 0 Å². The fraction of sp³-hybridized carbons (Fsp3) is 0.